The second-order valence-electron chi connectivity index (χ2n) is 6.32. The maximum Gasteiger partial charge on any atom is 0.418 e. The maximum absolute atomic E-state index is 13.1. The zero-order valence-corrected chi connectivity index (χ0v) is 15.3. The molecule has 0 radical (unpaired) electrons. The van der Waals surface area contributed by atoms with Gasteiger partial charge in [-0.15, -0.1) is 0 Å². The van der Waals surface area contributed by atoms with Gasteiger partial charge in [0.05, 0.1) is 18.2 Å². The number of nitrogens with two attached hydrogens (primary N) is 2. The monoisotopic (exact) mass is 401 g/mol. The van der Waals surface area contributed by atoms with E-state index in [1.54, 1.807) is 13.0 Å². The van der Waals surface area contributed by atoms with Crippen LogP contribution in [0.2, 0.25) is 5.02 Å². The predicted octanol–water partition coefficient (Wildman–Crippen LogP) is 3.59. The molecule has 27 heavy (non-hydrogen) atoms. The molecule has 1 aliphatic rings. The fraction of sp³-hybridized carbons (Fsp3) is 0.412. The van der Waals surface area contributed by atoms with Crippen molar-refractivity contribution < 1.29 is 17.9 Å². The zero-order chi connectivity index (χ0) is 19.8. The fourth-order valence-electron chi connectivity index (χ4n) is 3.14. The first-order chi connectivity index (χ1) is 12.7. The maximum atomic E-state index is 13.1. The summed E-state index contributed by atoms with van der Waals surface area (Å²) in [5, 5.41) is -0.0317. The van der Waals surface area contributed by atoms with Gasteiger partial charge < -0.3 is 21.1 Å². The van der Waals surface area contributed by atoms with E-state index < -0.39 is 17.8 Å². The van der Waals surface area contributed by atoms with E-state index in [1.807, 2.05) is 4.90 Å². The molecular weight excluding hydrogens is 383 g/mol. The first-order valence-corrected chi connectivity index (χ1v) is 8.66. The summed E-state index contributed by atoms with van der Waals surface area (Å²) < 4.78 is 44.9. The van der Waals surface area contributed by atoms with Gasteiger partial charge in [-0.05, 0) is 31.0 Å². The summed E-state index contributed by atoms with van der Waals surface area (Å²) in [7, 11) is 0. The molecule has 0 unspecified atom stereocenters. The Bertz CT molecular complexity index is 826. The van der Waals surface area contributed by atoms with Gasteiger partial charge in [-0.3, -0.25) is 0 Å². The lowest BCUT2D eigenvalue weighted by atomic mass is 10.0. The Morgan fingerprint density at radius 3 is 2.63 bits per heavy atom. The molecule has 1 fully saturated rings. The Labute approximate surface area is 159 Å². The van der Waals surface area contributed by atoms with Crippen molar-refractivity contribution in [1.29, 1.82) is 0 Å². The average molecular weight is 402 g/mol. The molecule has 0 bridgehead atoms. The number of nitrogens with zero attached hydrogens (tertiary/aromatic N) is 3. The summed E-state index contributed by atoms with van der Waals surface area (Å²) in [6.07, 6.45) is -3.86. The molecule has 0 saturated carbocycles. The molecule has 0 spiro atoms. The van der Waals surface area contributed by atoms with Gasteiger partial charge in [-0.2, -0.15) is 18.2 Å². The quantitative estimate of drug-likeness (QED) is 0.747. The van der Waals surface area contributed by atoms with Crippen LogP contribution in [-0.2, 0) is 10.9 Å². The lowest BCUT2D eigenvalue weighted by molar-refractivity contribution is -0.136. The number of benzene rings is 1. The molecule has 146 valence electrons. The van der Waals surface area contributed by atoms with E-state index >= 15 is 0 Å². The number of hydrogen-bond donors (Lipinski definition) is 2. The van der Waals surface area contributed by atoms with Crippen LogP contribution in [0.1, 0.15) is 29.3 Å². The Balaban J connectivity index is 2.07. The Kier molecular flexibility index (Phi) is 5.34. The van der Waals surface area contributed by atoms with Gasteiger partial charge in [0.2, 0.25) is 5.95 Å². The van der Waals surface area contributed by atoms with Crippen LogP contribution in [0.5, 0.6) is 0 Å². The van der Waals surface area contributed by atoms with E-state index in [-0.39, 0.29) is 23.3 Å². The molecule has 1 aromatic heterocycles. The third-order valence-electron chi connectivity index (χ3n) is 4.33. The highest BCUT2D eigenvalue weighted by Crippen LogP contribution is 2.40. The third-order valence-corrected chi connectivity index (χ3v) is 4.65. The van der Waals surface area contributed by atoms with Gasteiger partial charge in [-0.25, -0.2) is 4.98 Å². The summed E-state index contributed by atoms with van der Waals surface area (Å²) in [6.45, 7) is 3.10. The van der Waals surface area contributed by atoms with Crippen LogP contribution in [0, 0.1) is 6.92 Å². The highest BCUT2D eigenvalue weighted by Gasteiger charge is 2.35. The Morgan fingerprint density at radius 1 is 1.22 bits per heavy atom. The van der Waals surface area contributed by atoms with Gasteiger partial charge in [0, 0.05) is 35.6 Å². The van der Waals surface area contributed by atoms with E-state index in [9.17, 15) is 13.2 Å². The highest BCUT2D eigenvalue weighted by molar-refractivity contribution is 6.31. The Morgan fingerprint density at radius 2 is 1.96 bits per heavy atom. The highest BCUT2D eigenvalue weighted by atomic mass is 35.5. The molecule has 1 aliphatic heterocycles. The number of nitrogen functional groups attached to an aromatic ring is 2. The van der Waals surface area contributed by atoms with E-state index in [0.29, 0.717) is 36.6 Å². The predicted molar refractivity (Wildman–Crippen MR) is 97.6 cm³/mol. The molecule has 1 aromatic carbocycles. The van der Waals surface area contributed by atoms with Gasteiger partial charge in [-0.1, -0.05) is 11.6 Å². The average Bonchev–Trinajstić information content (AvgIpc) is 2.80. The van der Waals surface area contributed by atoms with Crippen molar-refractivity contribution in [2.45, 2.75) is 25.6 Å². The van der Waals surface area contributed by atoms with Crippen molar-refractivity contribution in [1.82, 2.24) is 9.97 Å². The van der Waals surface area contributed by atoms with E-state index in [4.69, 9.17) is 27.8 Å². The molecule has 3 rings (SSSR count). The summed E-state index contributed by atoms with van der Waals surface area (Å²) in [6, 6.07) is 3.41. The first kappa shape index (κ1) is 19.5. The van der Waals surface area contributed by atoms with E-state index in [0.717, 1.165) is 6.07 Å². The third kappa shape index (κ3) is 4.19. The lowest BCUT2D eigenvalue weighted by Crippen LogP contribution is -2.32. The largest absolute Gasteiger partial charge is 0.418 e. The van der Waals surface area contributed by atoms with Crippen LogP contribution in [0.15, 0.2) is 18.2 Å². The number of halogens is 4. The van der Waals surface area contributed by atoms with Crippen molar-refractivity contribution in [3.05, 3.63) is 40.0 Å². The normalized spacial score (nSPS) is 18.4. The number of ether oxygens (including phenoxy) is 1. The van der Waals surface area contributed by atoms with Crippen molar-refractivity contribution in [2.75, 3.05) is 36.1 Å². The fourth-order valence-corrected chi connectivity index (χ4v) is 3.43. The van der Waals surface area contributed by atoms with E-state index in [2.05, 4.69) is 9.97 Å². The molecule has 2 heterocycles. The van der Waals surface area contributed by atoms with Crippen molar-refractivity contribution in [3.63, 3.8) is 0 Å². The molecule has 0 amide bonds. The van der Waals surface area contributed by atoms with Gasteiger partial charge in [0.25, 0.3) is 0 Å². The van der Waals surface area contributed by atoms with Crippen LogP contribution in [-0.4, -0.2) is 29.7 Å². The molecule has 1 atom stereocenters. The van der Waals surface area contributed by atoms with Crippen molar-refractivity contribution >= 4 is 29.1 Å². The number of aryl methyl sites for hydroxylation is 1. The summed E-state index contributed by atoms with van der Waals surface area (Å²) >= 11 is 6.21. The number of anilines is 3. The smallest absolute Gasteiger partial charge is 0.398 e. The van der Waals surface area contributed by atoms with Crippen LogP contribution in [0.25, 0.3) is 0 Å². The van der Waals surface area contributed by atoms with Crippen molar-refractivity contribution in [2.24, 2.45) is 0 Å². The zero-order valence-electron chi connectivity index (χ0n) is 14.6. The van der Waals surface area contributed by atoms with Gasteiger partial charge >= 0.3 is 6.18 Å². The van der Waals surface area contributed by atoms with Crippen molar-refractivity contribution in [3.8, 4) is 0 Å². The lowest BCUT2D eigenvalue weighted by Gasteiger charge is -2.32. The molecule has 10 heteroatoms. The van der Waals surface area contributed by atoms with Crippen LogP contribution in [0.3, 0.4) is 0 Å². The topological polar surface area (TPSA) is 90.3 Å². The molecular formula is C17H19ClF3N5O. The van der Waals surface area contributed by atoms with Gasteiger partial charge in [0.15, 0.2) is 0 Å². The standard InChI is InChI=1S/C17H19ClF3N5O/c1-9-5-15(25-16(23)24-9)26-3-2-4-27-8-14(26)10-6-13(22)11(7-12(10)18)17(19,20)21/h5-7,14H,2-4,8,22H2,1H3,(H2,23,24,25)/t14-/m0/s1. The molecule has 0 aliphatic carbocycles. The second kappa shape index (κ2) is 7.40. The minimum absolute atomic E-state index is 0.0317. The molecule has 4 N–H and O–H groups in total. The second-order valence-corrected chi connectivity index (χ2v) is 6.73. The molecule has 1 saturated heterocycles. The number of alkyl halides is 3. The number of rotatable bonds is 2. The molecule has 2 aromatic rings. The van der Waals surface area contributed by atoms with Crippen LogP contribution >= 0.6 is 11.6 Å². The van der Waals surface area contributed by atoms with Crippen LogP contribution in [0.4, 0.5) is 30.6 Å². The number of aromatic nitrogens is 2. The van der Waals surface area contributed by atoms with Gasteiger partial charge in [0.1, 0.15) is 5.82 Å². The summed E-state index contributed by atoms with van der Waals surface area (Å²) in [5.74, 6) is 0.678. The SMILES string of the molecule is Cc1cc(N2CCCOC[C@H]2c2cc(N)c(C(F)(F)F)cc2Cl)nc(N)n1. The summed E-state index contributed by atoms with van der Waals surface area (Å²) in [4.78, 5) is 10.2. The van der Waals surface area contributed by atoms with E-state index in [1.165, 1.54) is 6.07 Å². The van der Waals surface area contributed by atoms with Crippen LogP contribution < -0.4 is 16.4 Å². The molecule has 6 nitrogen and oxygen atoms in total. The Hall–Kier alpha value is -2.26. The minimum Gasteiger partial charge on any atom is -0.398 e. The first-order valence-electron chi connectivity index (χ1n) is 8.28. The summed E-state index contributed by atoms with van der Waals surface area (Å²) in [5.41, 5.74) is 11.2. The number of hydrogen-bond acceptors (Lipinski definition) is 6. The minimum atomic E-state index is -4.58.